The summed E-state index contributed by atoms with van der Waals surface area (Å²) in [6.45, 7) is 3.79. The van der Waals surface area contributed by atoms with Gasteiger partial charge in [-0.1, -0.05) is 54.6 Å². The molecular weight excluding hydrogens is 376 g/mol. The molecule has 3 rings (SSSR count). The van der Waals surface area contributed by atoms with Gasteiger partial charge in [-0.15, -0.1) is 0 Å². The molecule has 0 aromatic heterocycles. The van der Waals surface area contributed by atoms with Crippen molar-refractivity contribution >= 4 is 23.6 Å². The van der Waals surface area contributed by atoms with Gasteiger partial charge in [0.25, 0.3) is 5.91 Å². The summed E-state index contributed by atoms with van der Waals surface area (Å²) < 4.78 is 5.76. The fourth-order valence-corrected chi connectivity index (χ4v) is 2.83. The quantitative estimate of drug-likeness (QED) is 0.566. The van der Waals surface area contributed by atoms with Crippen LogP contribution >= 0.6 is 0 Å². The van der Waals surface area contributed by atoms with E-state index in [1.165, 1.54) is 6.92 Å². The van der Waals surface area contributed by atoms with Crippen LogP contribution in [-0.2, 0) is 16.2 Å². The molecule has 3 aromatic rings. The molecule has 152 valence electrons. The molecule has 2 N–H and O–H groups in total. The predicted molar refractivity (Wildman–Crippen MR) is 119 cm³/mol. The van der Waals surface area contributed by atoms with E-state index in [1.54, 1.807) is 30.3 Å². The lowest BCUT2D eigenvalue weighted by Crippen LogP contribution is -2.29. The highest BCUT2D eigenvalue weighted by atomic mass is 16.5. The number of hydrogen-bond donors (Lipinski definition) is 2. The van der Waals surface area contributed by atoms with Crippen molar-refractivity contribution < 1.29 is 14.3 Å². The van der Waals surface area contributed by atoms with Crippen LogP contribution in [0.15, 0.2) is 84.6 Å². The molecule has 0 atom stereocenters. The molecule has 2 amide bonds. The molecule has 0 heterocycles. The van der Waals surface area contributed by atoms with Gasteiger partial charge in [-0.3, -0.25) is 9.59 Å². The smallest absolute Gasteiger partial charge is 0.272 e. The SMILES string of the molecule is CC(=O)N/C(=C\c1ccccc1C)C(=O)Nc1ccc(OCc2ccccc2)cc1. The van der Waals surface area contributed by atoms with Gasteiger partial charge in [0.15, 0.2) is 0 Å². The number of carbonyl (C=O) groups is 2. The second kappa shape index (κ2) is 10.1. The van der Waals surface area contributed by atoms with Gasteiger partial charge in [0, 0.05) is 12.6 Å². The zero-order valence-electron chi connectivity index (χ0n) is 17.0. The van der Waals surface area contributed by atoms with E-state index < -0.39 is 5.91 Å². The molecule has 0 aliphatic heterocycles. The van der Waals surface area contributed by atoms with Gasteiger partial charge in [-0.05, 0) is 54.0 Å². The number of rotatable bonds is 7. The largest absolute Gasteiger partial charge is 0.489 e. The van der Waals surface area contributed by atoms with Crippen molar-refractivity contribution in [2.45, 2.75) is 20.5 Å². The van der Waals surface area contributed by atoms with Gasteiger partial charge in [0.2, 0.25) is 5.91 Å². The minimum atomic E-state index is -0.397. The third kappa shape index (κ3) is 6.07. The zero-order chi connectivity index (χ0) is 21.3. The van der Waals surface area contributed by atoms with E-state index in [9.17, 15) is 9.59 Å². The van der Waals surface area contributed by atoms with Crippen molar-refractivity contribution in [1.29, 1.82) is 0 Å². The zero-order valence-corrected chi connectivity index (χ0v) is 17.0. The summed E-state index contributed by atoms with van der Waals surface area (Å²) in [5, 5.41) is 5.42. The van der Waals surface area contributed by atoms with E-state index in [-0.39, 0.29) is 11.6 Å². The van der Waals surface area contributed by atoms with Crippen molar-refractivity contribution in [1.82, 2.24) is 5.32 Å². The van der Waals surface area contributed by atoms with Crippen LogP contribution in [0, 0.1) is 6.92 Å². The maximum atomic E-state index is 12.7. The summed E-state index contributed by atoms with van der Waals surface area (Å²) in [7, 11) is 0. The lowest BCUT2D eigenvalue weighted by molar-refractivity contribution is -0.120. The highest BCUT2D eigenvalue weighted by molar-refractivity contribution is 6.08. The highest BCUT2D eigenvalue weighted by Gasteiger charge is 2.12. The molecule has 3 aromatic carbocycles. The minimum absolute atomic E-state index is 0.182. The van der Waals surface area contributed by atoms with Crippen molar-refractivity contribution in [2.75, 3.05) is 5.32 Å². The lowest BCUT2D eigenvalue weighted by Gasteiger charge is -2.11. The Hall–Kier alpha value is -3.86. The second-order valence-corrected chi connectivity index (χ2v) is 6.85. The first-order valence-electron chi connectivity index (χ1n) is 9.64. The fraction of sp³-hybridized carbons (Fsp3) is 0.120. The number of nitrogens with one attached hydrogen (secondary N) is 2. The first-order valence-corrected chi connectivity index (χ1v) is 9.64. The predicted octanol–water partition coefficient (Wildman–Crippen LogP) is 4.69. The van der Waals surface area contributed by atoms with Gasteiger partial charge < -0.3 is 15.4 Å². The van der Waals surface area contributed by atoms with E-state index >= 15 is 0 Å². The van der Waals surface area contributed by atoms with Crippen molar-refractivity contribution in [2.24, 2.45) is 0 Å². The van der Waals surface area contributed by atoms with Crippen molar-refractivity contribution in [3.05, 3.63) is 101 Å². The Labute approximate surface area is 176 Å². The monoisotopic (exact) mass is 400 g/mol. The van der Waals surface area contributed by atoms with Crippen LogP contribution in [0.25, 0.3) is 6.08 Å². The number of hydrogen-bond acceptors (Lipinski definition) is 3. The average molecular weight is 400 g/mol. The topological polar surface area (TPSA) is 67.4 Å². The molecule has 0 fully saturated rings. The molecule has 0 radical (unpaired) electrons. The standard InChI is InChI=1S/C25H24N2O3/c1-18-8-6-7-11-21(18)16-24(26-19(2)28)25(29)27-22-12-14-23(15-13-22)30-17-20-9-4-3-5-10-20/h3-16H,17H2,1-2H3,(H,26,28)(H,27,29)/b24-16-. The molecule has 5 heteroatoms. The molecule has 0 saturated carbocycles. The number of aryl methyl sites for hydroxylation is 1. The summed E-state index contributed by atoms with van der Waals surface area (Å²) in [6, 6.07) is 24.7. The van der Waals surface area contributed by atoms with Gasteiger partial charge in [0.1, 0.15) is 18.1 Å². The third-order valence-corrected chi connectivity index (χ3v) is 4.40. The average Bonchev–Trinajstić information content (AvgIpc) is 2.74. The number of ether oxygens (including phenoxy) is 1. The van der Waals surface area contributed by atoms with Gasteiger partial charge in [-0.2, -0.15) is 0 Å². The molecule has 0 saturated heterocycles. The number of carbonyl (C=O) groups excluding carboxylic acids is 2. The van der Waals surface area contributed by atoms with Crippen LogP contribution in [-0.4, -0.2) is 11.8 Å². The van der Waals surface area contributed by atoms with Crippen LogP contribution in [0.5, 0.6) is 5.75 Å². The van der Waals surface area contributed by atoms with Crippen LogP contribution in [0.3, 0.4) is 0 Å². The van der Waals surface area contributed by atoms with Gasteiger partial charge in [0.05, 0.1) is 0 Å². The molecule has 0 aliphatic carbocycles. The second-order valence-electron chi connectivity index (χ2n) is 6.85. The number of anilines is 1. The maximum absolute atomic E-state index is 12.7. The first-order chi connectivity index (χ1) is 14.5. The van der Waals surface area contributed by atoms with E-state index in [0.717, 1.165) is 16.7 Å². The van der Waals surface area contributed by atoms with Gasteiger partial charge >= 0.3 is 0 Å². The Bertz CT molecular complexity index is 1040. The molecule has 30 heavy (non-hydrogen) atoms. The summed E-state index contributed by atoms with van der Waals surface area (Å²) >= 11 is 0. The number of amides is 2. The van der Waals surface area contributed by atoms with Crippen molar-refractivity contribution in [3.63, 3.8) is 0 Å². The van der Waals surface area contributed by atoms with Crippen LogP contribution in [0.1, 0.15) is 23.6 Å². The third-order valence-electron chi connectivity index (χ3n) is 4.40. The first kappa shape index (κ1) is 20.9. The summed E-state index contributed by atoms with van der Waals surface area (Å²) in [4.78, 5) is 24.3. The normalized spacial score (nSPS) is 10.9. The summed E-state index contributed by atoms with van der Waals surface area (Å²) in [5.41, 5.74) is 3.74. The minimum Gasteiger partial charge on any atom is -0.489 e. The molecule has 0 aliphatic rings. The molecule has 5 nitrogen and oxygen atoms in total. The summed E-state index contributed by atoms with van der Waals surface area (Å²) in [5.74, 6) is -0.00422. The van der Waals surface area contributed by atoms with E-state index in [2.05, 4.69) is 10.6 Å². The lowest BCUT2D eigenvalue weighted by atomic mass is 10.1. The van der Waals surface area contributed by atoms with Crippen molar-refractivity contribution in [3.8, 4) is 5.75 Å². The van der Waals surface area contributed by atoms with Crippen LogP contribution in [0.2, 0.25) is 0 Å². The highest BCUT2D eigenvalue weighted by Crippen LogP contribution is 2.18. The fourth-order valence-electron chi connectivity index (χ4n) is 2.83. The Morgan fingerprint density at radius 1 is 0.900 bits per heavy atom. The Morgan fingerprint density at radius 3 is 2.23 bits per heavy atom. The Balaban J connectivity index is 1.68. The van der Waals surface area contributed by atoms with Crippen LogP contribution < -0.4 is 15.4 Å². The molecular formula is C25H24N2O3. The Morgan fingerprint density at radius 2 is 1.57 bits per heavy atom. The van der Waals surface area contributed by atoms with E-state index in [1.807, 2.05) is 61.5 Å². The summed E-state index contributed by atoms with van der Waals surface area (Å²) in [6.07, 6.45) is 1.67. The van der Waals surface area contributed by atoms with Gasteiger partial charge in [-0.25, -0.2) is 0 Å². The molecule has 0 bridgehead atoms. The van der Waals surface area contributed by atoms with E-state index in [4.69, 9.17) is 4.74 Å². The van der Waals surface area contributed by atoms with E-state index in [0.29, 0.717) is 18.0 Å². The Kier molecular flexibility index (Phi) is 7.00. The molecule has 0 unspecified atom stereocenters. The number of benzene rings is 3. The maximum Gasteiger partial charge on any atom is 0.272 e. The molecule has 0 spiro atoms. The van der Waals surface area contributed by atoms with Crippen LogP contribution in [0.4, 0.5) is 5.69 Å².